The topological polar surface area (TPSA) is 43.4 Å². The third-order valence-electron chi connectivity index (χ3n) is 2.56. The maximum atomic E-state index is 5.39. The second kappa shape index (κ2) is 5.84. The fourth-order valence-electron chi connectivity index (χ4n) is 1.75. The van der Waals surface area contributed by atoms with Crippen LogP contribution in [0.2, 0.25) is 0 Å². The van der Waals surface area contributed by atoms with Crippen molar-refractivity contribution in [3.05, 3.63) is 29.4 Å². The van der Waals surface area contributed by atoms with Gasteiger partial charge in [-0.2, -0.15) is 0 Å². The number of thiazole rings is 1. The van der Waals surface area contributed by atoms with Gasteiger partial charge in [-0.1, -0.05) is 6.07 Å². The van der Waals surface area contributed by atoms with E-state index in [1.54, 1.807) is 25.6 Å². The van der Waals surface area contributed by atoms with Crippen LogP contribution < -0.4 is 14.8 Å². The Morgan fingerprint density at radius 2 is 1.89 bits per heavy atom. The number of methoxy groups -OCH3 is 2. The van der Waals surface area contributed by atoms with Gasteiger partial charge in [0.15, 0.2) is 0 Å². The Bertz CT molecular complexity index is 503. The van der Waals surface area contributed by atoms with E-state index in [1.165, 1.54) is 0 Å². The summed E-state index contributed by atoms with van der Waals surface area (Å²) in [6.07, 6.45) is 1.86. The number of benzene rings is 1. The van der Waals surface area contributed by atoms with Crippen LogP contribution in [-0.2, 0) is 6.54 Å². The molecule has 2 rings (SSSR count). The van der Waals surface area contributed by atoms with E-state index in [2.05, 4.69) is 10.3 Å². The first kappa shape index (κ1) is 12.9. The molecule has 2 aromatic rings. The quantitative estimate of drug-likeness (QED) is 0.901. The normalized spacial score (nSPS) is 10.4. The molecule has 0 atom stereocenters. The molecule has 0 aliphatic heterocycles. The van der Waals surface area contributed by atoms with E-state index in [1.807, 2.05) is 31.4 Å². The van der Waals surface area contributed by atoms with Crippen LogP contribution in [0, 0.1) is 0 Å². The lowest BCUT2D eigenvalue weighted by molar-refractivity contribution is 0.397. The Kier molecular flexibility index (Phi) is 4.17. The molecule has 0 saturated carbocycles. The van der Waals surface area contributed by atoms with Gasteiger partial charge in [-0.25, -0.2) is 4.98 Å². The zero-order valence-corrected chi connectivity index (χ0v) is 11.5. The highest BCUT2D eigenvalue weighted by molar-refractivity contribution is 7.15. The van der Waals surface area contributed by atoms with Crippen molar-refractivity contribution < 1.29 is 9.47 Å². The van der Waals surface area contributed by atoms with E-state index in [-0.39, 0.29) is 0 Å². The van der Waals surface area contributed by atoms with E-state index in [0.717, 1.165) is 33.5 Å². The lowest BCUT2D eigenvalue weighted by Crippen LogP contribution is -2.03. The SMILES string of the molecule is CNCc1ncc(-c2c(OC)cccc2OC)s1. The molecule has 18 heavy (non-hydrogen) atoms. The Labute approximate surface area is 111 Å². The summed E-state index contributed by atoms with van der Waals surface area (Å²) in [4.78, 5) is 5.43. The van der Waals surface area contributed by atoms with Crippen molar-refractivity contribution in [1.29, 1.82) is 0 Å². The first-order valence-electron chi connectivity index (χ1n) is 5.60. The third-order valence-corrected chi connectivity index (χ3v) is 3.57. The van der Waals surface area contributed by atoms with Gasteiger partial charge in [-0.05, 0) is 19.2 Å². The zero-order valence-electron chi connectivity index (χ0n) is 10.7. The summed E-state index contributed by atoms with van der Waals surface area (Å²) < 4.78 is 10.8. The van der Waals surface area contributed by atoms with Gasteiger partial charge < -0.3 is 14.8 Å². The monoisotopic (exact) mass is 264 g/mol. The molecule has 0 spiro atoms. The Balaban J connectivity index is 2.47. The number of aromatic nitrogens is 1. The maximum Gasteiger partial charge on any atom is 0.131 e. The molecule has 96 valence electrons. The first-order chi connectivity index (χ1) is 8.80. The molecule has 0 radical (unpaired) electrons. The number of nitrogens with one attached hydrogen (secondary N) is 1. The van der Waals surface area contributed by atoms with Crippen LogP contribution in [0.15, 0.2) is 24.4 Å². The van der Waals surface area contributed by atoms with Crippen LogP contribution in [0.5, 0.6) is 11.5 Å². The summed E-state index contributed by atoms with van der Waals surface area (Å²) in [7, 11) is 5.23. The van der Waals surface area contributed by atoms with Gasteiger partial charge in [-0.3, -0.25) is 0 Å². The molecule has 0 fully saturated rings. The van der Waals surface area contributed by atoms with Gasteiger partial charge in [0, 0.05) is 12.7 Å². The predicted octanol–water partition coefficient (Wildman–Crippen LogP) is 2.55. The van der Waals surface area contributed by atoms with Crippen LogP contribution >= 0.6 is 11.3 Å². The summed E-state index contributed by atoms with van der Waals surface area (Å²) >= 11 is 1.64. The van der Waals surface area contributed by atoms with Crippen LogP contribution in [-0.4, -0.2) is 26.3 Å². The van der Waals surface area contributed by atoms with Crippen molar-refractivity contribution in [3.8, 4) is 21.9 Å². The smallest absolute Gasteiger partial charge is 0.131 e. The van der Waals surface area contributed by atoms with E-state index in [9.17, 15) is 0 Å². The molecule has 5 heteroatoms. The minimum absolute atomic E-state index is 0.766. The highest BCUT2D eigenvalue weighted by Gasteiger charge is 2.14. The molecular weight excluding hydrogens is 248 g/mol. The summed E-state index contributed by atoms with van der Waals surface area (Å²) in [6.45, 7) is 0.766. The van der Waals surface area contributed by atoms with Crippen LogP contribution in [0.3, 0.4) is 0 Å². The van der Waals surface area contributed by atoms with Crippen molar-refractivity contribution >= 4 is 11.3 Å². The van der Waals surface area contributed by atoms with Crippen molar-refractivity contribution in [2.75, 3.05) is 21.3 Å². The van der Waals surface area contributed by atoms with Gasteiger partial charge in [-0.15, -0.1) is 11.3 Å². The van der Waals surface area contributed by atoms with Gasteiger partial charge in [0.05, 0.1) is 24.7 Å². The molecule has 1 N–H and O–H groups in total. The predicted molar refractivity (Wildman–Crippen MR) is 73.4 cm³/mol. The lowest BCUT2D eigenvalue weighted by atomic mass is 10.1. The summed E-state index contributed by atoms with van der Waals surface area (Å²) in [5.41, 5.74) is 0.961. The molecular formula is C13H16N2O2S. The Morgan fingerprint density at radius 3 is 2.44 bits per heavy atom. The number of hydrogen-bond donors (Lipinski definition) is 1. The van der Waals surface area contributed by atoms with Crippen molar-refractivity contribution in [2.45, 2.75) is 6.54 Å². The zero-order chi connectivity index (χ0) is 13.0. The molecule has 0 saturated heterocycles. The van der Waals surface area contributed by atoms with Gasteiger partial charge in [0.2, 0.25) is 0 Å². The Hall–Kier alpha value is -1.59. The molecule has 0 unspecified atom stereocenters. The van der Waals surface area contributed by atoms with E-state index in [0.29, 0.717) is 0 Å². The lowest BCUT2D eigenvalue weighted by Gasteiger charge is -2.10. The van der Waals surface area contributed by atoms with E-state index < -0.39 is 0 Å². The molecule has 1 aromatic heterocycles. The van der Waals surface area contributed by atoms with Crippen molar-refractivity contribution in [2.24, 2.45) is 0 Å². The number of ether oxygens (including phenoxy) is 2. The first-order valence-corrected chi connectivity index (χ1v) is 6.42. The second-order valence-corrected chi connectivity index (χ2v) is 4.80. The van der Waals surface area contributed by atoms with Crippen LogP contribution in [0.1, 0.15) is 5.01 Å². The van der Waals surface area contributed by atoms with Gasteiger partial charge in [0.25, 0.3) is 0 Å². The standard InChI is InChI=1S/C13H16N2O2S/c1-14-8-12-15-7-11(18-12)13-9(16-2)5-4-6-10(13)17-3/h4-7,14H,8H2,1-3H3. The maximum absolute atomic E-state index is 5.39. The van der Waals surface area contributed by atoms with E-state index in [4.69, 9.17) is 9.47 Å². The third kappa shape index (κ3) is 2.47. The fourth-order valence-corrected chi connectivity index (χ4v) is 2.74. The summed E-state index contributed by atoms with van der Waals surface area (Å²) in [5, 5.41) is 4.13. The van der Waals surface area contributed by atoms with Crippen molar-refractivity contribution in [3.63, 3.8) is 0 Å². The largest absolute Gasteiger partial charge is 0.496 e. The van der Waals surface area contributed by atoms with Crippen LogP contribution in [0.25, 0.3) is 10.4 Å². The fraction of sp³-hybridized carbons (Fsp3) is 0.308. The molecule has 0 bridgehead atoms. The van der Waals surface area contributed by atoms with Crippen molar-refractivity contribution in [1.82, 2.24) is 10.3 Å². The molecule has 0 aliphatic carbocycles. The van der Waals surface area contributed by atoms with Gasteiger partial charge >= 0.3 is 0 Å². The average Bonchev–Trinajstić information content (AvgIpc) is 2.86. The Morgan fingerprint density at radius 1 is 1.22 bits per heavy atom. The molecule has 4 nitrogen and oxygen atoms in total. The highest BCUT2D eigenvalue weighted by Crippen LogP contribution is 2.40. The molecule has 0 aliphatic rings. The van der Waals surface area contributed by atoms with Gasteiger partial charge in [0.1, 0.15) is 16.5 Å². The number of nitrogens with zero attached hydrogens (tertiary/aromatic N) is 1. The number of hydrogen-bond acceptors (Lipinski definition) is 5. The van der Waals surface area contributed by atoms with Crippen LogP contribution in [0.4, 0.5) is 0 Å². The molecule has 0 amide bonds. The average molecular weight is 264 g/mol. The summed E-state index contributed by atoms with van der Waals surface area (Å²) in [5.74, 6) is 1.60. The molecule has 1 aromatic carbocycles. The van der Waals surface area contributed by atoms with E-state index >= 15 is 0 Å². The minimum Gasteiger partial charge on any atom is -0.496 e. The second-order valence-electron chi connectivity index (χ2n) is 3.69. The highest BCUT2D eigenvalue weighted by atomic mass is 32.1. The molecule has 1 heterocycles. The minimum atomic E-state index is 0.766. The summed E-state index contributed by atoms with van der Waals surface area (Å²) in [6, 6.07) is 5.77. The number of rotatable bonds is 5.